The minimum absolute atomic E-state index is 0.0516. The molecule has 0 spiro atoms. The lowest BCUT2D eigenvalue weighted by molar-refractivity contribution is -0.132. The van der Waals surface area contributed by atoms with Crippen molar-refractivity contribution in [3.63, 3.8) is 0 Å². The Morgan fingerprint density at radius 3 is 2.48 bits per heavy atom. The summed E-state index contributed by atoms with van der Waals surface area (Å²) in [6.07, 6.45) is 6.09. The molecule has 2 fully saturated rings. The Morgan fingerprint density at radius 2 is 1.82 bits per heavy atom. The van der Waals surface area contributed by atoms with Crippen LogP contribution < -0.4 is 10.2 Å². The van der Waals surface area contributed by atoms with Crippen LogP contribution in [0.4, 0.5) is 11.5 Å². The fourth-order valence-electron chi connectivity index (χ4n) is 4.76. The van der Waals surface area contributed by atoms with Crippen molar-refractivity contribution in [3.8, 4) is 0 Å². The predicted octanol–water partition coefficient (Wildman–Crippen LogP) is 4.08. The van der Waals surface area contributed by atoms with Crippen LogP contribution in [0, 0.1) is 11.8 Å². The normalized spacial score (nSPS) is 19.2. The third kappa shape index (κ3) is 6.09. The van der Waals surface area contributed by atoms with E-state index in [0.717, 1.165) is 56.8 Å². The van der Waals surface area contributed by atoms with Gasteiger partial charge in [0, 0.05) is 44.5 Å². The van der Waals surface area contributed by atoms with Crippen molar-refractivity contribution in [1.29, 1.82) is 0 Å². The van der Waals surface area contributed by atoms with Crippen molar-refractivity contribution >= 4 is 23.3 Å². The molecule has 2 aliphatic rings. The van der Waals surface area contributed by atoms with Gasteiger partial charge in [-0.1, -0.05) is 26.0 Å². The maximum Gasteiger partial charge on any atom is 0.229 e. The van der Waals surface area contributed by atoms with Gasteiger partial charge in [-0.3, -0.25) is 9.59 Å². The lowest BCUT2D eigenvalue weighted by atomic mass is 9.89. The topological polar surface area (TPSA) is 78.4 Å². The molecule has 0 saturated carbocycles. The number of aromatic nitrogens is 2. The first kappa shape index (κ1) is 23.2. The molecule has 1 atom stereocenters. The fourth-order valence-corrected chi connectivity index (χ4v) is 4.76. The van der Waals surface area contributed by atoms with Crippen LogP contribution in [-0.2, 0) is 9.59 Å². The highest BCUT2D eigenvalue weighted by Gasteiger charge is 2.29. The van der Waals surface area contributed by atoms with E-state index in [1.54, 1.807) is 6.20 Å². The van der Waals surface area contributed by atoms with Crippen LogP contribution in [0.1, 0.15) is 57.4 Å². The Hall–Kier alpha value is -2.96. The van der Waals surface area contributed by atoms with E-state index in [-0.39, 0.29) is 11.8 Å². The number of nitrogens with one attached hydrogen (secondary N) is 1. The summed E-state index contributed by atoms with van der Waals surface area (Å²) >= 11 is 0. The van der Waals surface area contributed by atoms with Crippen molar-refractivity contribution in [1.82, 2.24) is 15.1 Å². The number of likely N-dealkylation sites (tertiary alicyclic amines) is 1. The smallest absolute Gasteiger partial charge is 0.229 e. The van der Waals surface area contributed by atoms with E-state index in [9.17, 15) is 9.59 Å². The van der Waals surface area contributed by atoms with Crippen molar-refractivity contribution in [2.24, 2.45) is 11.8 Å². The first-order chi connectivity index (χ1) is 16.0. The van der Waals surface area contributed by atoms with Crippen molar-refractivity contribution in [2.45, 2.75) is 51.9 Å². The number of anilines is 2. The SMILES string of the molecule is CC(C)CCC(=O)N1CCC(c2ccc(NC(=O)C3CCN(c4cccnn4)C3)cc2)CC1. The highest BCUT2D eigenvalue weighted by Crippen LogP contribution is 2.30. The molecule has 7 heteroatoms. The zero-order valence-electron chi connectivity index (χ0n) is 19.7. The molecule has 0 radical (unpaired) electrons. The number of benzene rings is 1. The molecule has 0 bridgehead atoms. The molecule has 1 aromatic heterocycles. The summed E-state index contributed by atoms with van der Waals surface area (Å²) < 4.78 is 0. The van der Waals surface area contributed by atoms with E-state index in [0.29, 0.717) is 30.7 Å². The molecule has 1 N–H and O–H groups in total. The molecule has 7 nitrogen and oxygen atoms in total. The van der Waals surface area contributed by atoms with Crippen LogP contribution in [0.2, 0.25) is 0 Å². The van der Waals surface area contributed by atoms with Crippen molar-refractivity contribution in [3.05, 3.63) is 48.2 Å². The van der Waals surface area contributed by atoms with Crippen molar-refractivity contribution < 1.29 is 9.59 Å². The minimum Gasteiger partial charge on any atom is -0.354 e. The summed E-state index contributed by atoms with van der Waals surface area (Å²) in [6.45, 7) is 7.47. The molecule has 2 aromatic rings. The second-order valence-corrected chi connectivity index (χ2v) is 9.71. The van der Waals surface area contributed by atoms with E-state index in [2.05, 4.69) is 46.4 Å². The largest absolute Gasteiger partial charge is 0.354 e. The van der Waals surface area contributed by atoms with Gasteiger partial charge in [-0.15, -0.1) is 5.10 Å². The lowest BCUT2D eigenvalue weighted by Crippen LogP contribution is -2.37. The van der Waals surface area contributed by atoms with Gasteiger partial charge >= 0.3 is 0 Å². The van der Waals surface area contributed by atoms with Gasteiger partial charge in [0.2, 0.25) is 11.8 Å². The number of piperidine rings is 1. The second-order valence-electron chi connectivity index (χ2n) is 9.71. The van der Waals surface area contributed by atoms with Gasteiger partial charge in [0.25, 0.3) is 0 Å². The lowest BCUT2D eigenvalue weighted by Gasteiger charge is -2.32. The summed E-state index contributed by atoms with van der Waals surface area (Å²) in [5.74, 6) is 2.16. The fraction of sp³-hybridized carbons (Fsp3) is 0.538. The van der Waals surface area contributed by atoms with Crippen LogP contribution in [0.15, 0.2) is 42.6 Å². The average molecular weight is 450 g/mol. The maximum atomic E-state index is 12.8. The molecule has 4 rings (SSSR count). The number of carbonyl (C=O) groups is 2. The standard InChI is InChI=1S/C26H35N5O2/c1-19(2)5-10-25(32)30-15-11-21(12-16-30)20-6-8-23(9-7-20)28-26(33)22-13-17-31(18-22)24-4-3-14-27-29-24/h3-4,6-9,14,19,21-22H,5,10-13,15-18H2,1-2H3,(H,28,33). The molecule has 176 valence electrons. The molecular formula is C26H35N5O2. The van der Waals surface area contributed by atoms with E-state index in [4.69, 9.17) is 0 Å². The summed E-state index contributed by atoms with van der Waals surface area (Å²) in [5, 5.41) is 11.2. The van der Waals surface area contributed by atoms with Gasteiger partial charge in [0.15, 0.2) is 5.82 Å². The van der Waals surface area contributed by atoms with Gasteiger partial charge in [0.1, 0.15) is 0 Å². The molecule has 2 saturated heterocycles. The second kappa shape index (κ2) is 10.8. The summed E-state index contributed by atoms with van der Waals surface area (Å²) in [6, 6.07) is 12.0. The van der Waals surface area contributed by atoms with E-state index in [1.807, 2.05) is 29.2 Å². The van der Waals surface area contributed by atoms with Crippen LogP contribution in [-0.4, -0.2) is 53.1 Å². The first-order valence-electron chi connectivity index (χ1n) is 12.2. The highest BCUT2D eigenvalue weighted by molar-refractivity contribution is 5.93. The quantitative estimate of drug-likeness (QED) is 0.689. The minimum atomic E-state index is -0.0516. The number of hydrogen-bond donors (Lipinski definition) is 1. The zero-order valence-corrected chi connectivity index (χ0v) is 19.7. The molecule has 0 aliphatic carbocycles. The molecule has 1 aromatic carbocycles. The third-order valence-electron chi connectivity index (χ3n) is 6.87. The maximum absolute atomic E-state index is 12.8. The monoisotopic (exact) mass is 449 g/mol. The molecule has 2 aliphatic heterocycles. The Kier molecular flexibility index (Phi) is 7.57. The number of nitrogens with zero attached hydrogens (tertiary/aromatic N) is 4. The Balaban J connectivity index is 1.24. The van der Waals surface area contributed by atoms with Crippen LogP contribution in [0.5, 0.6) is 0 Å². The zero-order chi connectivity index (χ0) is 23.2. The number of hydrogen-bond acceptors (Lipinski definition) is 5. The Labute approximate surface area is 196 Å². The summed E-state index contributed by atoms with van der Waals surface area (Å²) in [4.78, 5) is 29.3. The van der Waals surface area contributed by atoms with Crippen LogP contribution in [0.25, 0.3) is 0 Å². The van der Waals surface area contributed by atoms with Gasteiger partial charge in [0.05, 0.1) is 5.92 Å². The molecule has 3 heterocycles. The van der Waals surface area contributed by atoms with Crippen LogP contribution >= 0.6 is 0 Å². The van der Waals surface area contributed by atoms with Gasteiger partial charge < -0.3 is 15.1 Å². The number of amides is 2. The third-order valence-corrected chi connectivity index (χ3v) is 6.87. The molecule has 2 amide bonds. The molecular weight excluding hydrogens is 414 g/mol. The van der Waals surface area contributed by atoms with Crippen molar-refractivity contribution in [2.75, 3.05) is 36.4 Å². The highest BCUT2D eigenvalue weighted by atomic mass is 16.2. The van der Waals surface area contributed by atoms with E-state index in [1.165, 1.54) is 5.56 Å². The Bertz CT molecular complexity index is 923. The van der Waals surface area contributed by atoms with Gasteiger partial charge in [-0.05, 0) is 67.3 Å². The summed E-state index contributed by atoms with van der Waals surface area (Å²) in [5.41, 5.74) is 2.12. The van der Waals surface area contributed by atoms with Gasteiger partial charge in [-0.25, -0.2) is 0 Å². The van der Waals surface area contributed by atoms with E-state index < -0.39 is 0 Å². The predicted molar refractivity (Wildman–Crippen MR) is 130 cm³/mol. The first-order valence-corrected chi connectivity index (χ1v) is 12.2. The molecule has 1 unspecified atom stereocenters. The summed E-state index contributed by atoms with van der Waals surface area (Å²) in [7, 11) is 0. The van der Waals surface area contributed by atoms with E-state index >= 15 is 0 Å². The average Bonchev–Trinajstić information content (AvgIpc) is 3.34. The number of rotatable bonds is 7. The van der Waals surface area contributed by atoms with Gasteiger partial charge in [-0.2, -0.15) is 5.10 Å². The number of carbonyl (C=O) groups excluding carboxylic acids is 2. The molecule has 33 heavy (non-hydrogen) atoms. The van der Waals surface area contributed by atoms with Crippen LogP contribution in [0.3, 0.4) is 0 Å². The Morgan fingerprint density at radius 1 is 1.06 bits per heavy atom.